The van der Waals surface area contributed by atoms with E-state index < -0.39 is 4.92 Å². The van der Waals surface area contributed by atoms with Gasteiger partial charge in [-0.05, 0) is 30.7 Å². The fraction of sp³-hybridized carbons (Fsp3) is 0.294. The van der Waals surface area contributed by atoms with Crippen LogP contribution in [0.2, 0.25) is 10.0 Å². The van der Waals surface area contributed by atoms with Crippen molar-refractivity contribution >= 4 is 46.4 Å². The molecule has 2 heterocycles. The van der Waals surface area contributed by atoms with E-state index in [4.69, 9.17) is 23.2 Å². The van der Waals surface area contributed by atoms with Crippen LogP contribution in [0.3, 0.4) is 0 Å². The van der Waals surface area contributed by atoms with Gasteiger partial charge in [-0.1, -0.05) is 23.2 Å². The molecule has 8 nitrogen and oxygen atoms in total. The number of carbonyl (C=O) groups excluding carboxylic acids is 1. The number of urea groups is 1. The molecule has 1 aliphatic heterocycles. The third kappa shape index (κ3) is 4.78. The minimum Gasteiger partial charge on any atom is -0.355 e. The molecule has 10 heteroatoms. The summed E-state index contributed by atoms with van der Waals surface area (Å²) < 4.78 is 0. The van der Waals surface area contributed by atoms with Crippen molar-refractivity contribution in [3.8, 4) is 0 Å². The molecule has 0 radical (unpaired) electrons. The first-order chi connectivity index (χ1) is 12.9. The first-order valence-electron chi connectivity index (χ1n) is 8.30. The number of benzene rings is 1. The highest BCUT2D eigenvalue weighted by molar-refractivity contribution is 6.36. The second-order valence-electron chi connectivity index (χ2n) is 6.01. The van der Waals surface area contributed by atoms with Gasteiger partial charge in [0.1, 0.15) is 12.0 Å². The molecule has 0 aliphatic carbocycles. The second-order valence-corrected chi connectivity index (χ2v) is 6.86. The SMILES string of the molecule is O=C(Nc1ccc(Cl)cc1Cl)N1CCCN(c2ccc([N+](=O)[O-])cn2)CC1. The van der Waals surface area contributed by atoms with Gasteiger partial charge in [0.25, 0.3) is 5.69 Å². The fourth-order valence-corrected chi connectivity index (χ4v) is 3.26. The molecule has 0 atom stereocenters. The first kappa shape index (κ1) is 19.2. The number of pyridine rings is 1. The number of halogens is 2. The molecule has 0 unspecified atom stereocenters. The van der Waals surface area contributed by atoms with Gasteiger partial charge in [-0.2, -0.15) is 0 Å². The lowest BCUT2D eigenvalue weighted by atomic mass is 10.3. The molecular weight excluding hydrogens is 393 g/mol. The maximum atomic E-state index is 12.5. The predicted molar refractivity (Wildman–Crippen MR) is 105 cm³/mol. The largest absolute Gasteiger partial charge is 0.355 e. The molecule has 1 saturated heterocycles. The monoisotopic (exact) mass is 409 g/mol. The van der Waals surface area contributed by atoms with Crippen LogP contribution in [0.25, 0.3) is 0 Å². The van der Waals surface area contributed by atoms with Crippen molar-refractivity contribution in [1.29, 1.82) is 0 Å². The van der Waals surface area contributed by atoms with Crippen molar-refractivity contribution in [2.45, 2.75) is 6.42 Å². The van der Waals surface area contributed by atoms with E-state index in [1.807, 2.05) is 4.90 Å². The number of nitrogens with zero attached hydrogens (tertiary/aromatic N) is 4. The minimum atomic E-state index is -0.479. The average molecular weight is 410 g/mol. The van der Waals surface area contributed by atoms with E-state index in [1.165, 1.54) is 12.3 Å². The number of nitrogens with one attached hydrogen (secondary N) is 1. The van der Waals surface area contributed by atoms with Crippen molar-refractivity contribution in [2.75, 3.05) is 36.4 Å². The summed E-state index contributed by atoms with van der Waals surface area (Å²) in [7, 11) is 0. The zero-order chi connectivity index (χ0) is 19.4. The Morgan fingerprint density at radius 3 is 2.63 bits per heavy atom. The lowest BCUT2D eigenvalue weighted by Gasteiger charge is -2.23. The van der Waals surface area contributed by atoms with Crippen LogP contribution in [0.1, 0.15) is 6.42 Å². The molecule has 1 N–H and O–H groups in total. The molecule has 0 saturated carbocycles. The normalized spacial score (nSPS) is 14.6. The van der Waals surface area contributed by atoms with E-state index in [-0.39, 0.29) is 11.7 Å². The van der Waals surface area contributed by atoms with E-state index in [9.17, 15) is 14.9 Å². The van der Waals surface area contributed by atoms with Crippen LogP contribution < -0.4 is 10.2 Å². The van der Waals surface area contributed by atoms with E-state index >= 15 is 0 Å². The van der Waals surface area contributed by atoms with Crippen LogP contribution in [0.4, 0.5) is 22.0 Å². The topological polar surface area (TPSA) is 91.6 Å². The number of amides is 2. The molecular formula is C17H17Cl2N5O3. The summed E-state index contributed by atoms with van der Waals surface area (Å²) in [6.07, 6.45) is 1.99. The number of rotatable bonds is 3. The average Bonchev–Trinajstić information content (AvgIpc) is 2.90. The Balaban J connectivity index is 1.62. The van der Waals surface area contributed by atoms with Crippen LogP contribution >= 0.6 is 23.2 Å². The Morgan fingerprint density at radius 2 is 1.96 bits per heavy atom. The Hall–Kier alpha value is -2.58. The molecule has 1 aromatic heterocycles. The lowest BCUT2D eigenvalue weighted by molar-refractivity contribution is -0.385. The Morgan fingerprint density at radius 1 is 1.15 bits per heavy atom. The maximum absolute atomic E-state index is 12.5. The predicted octanol–water partition coefficient (Wildman–Crippen LogP) is 4.04. The summed E-state index contributed by atoms with van der Waals surface area (Å²) in [4.78, 5) is 30.7. The summed E-state index contributed by atoms with van der Waals surface area (Å²) in [6.45, 7) is 2.36. The van der Waals surface area contributed by atoms with Crippen molar-refractivity contribution < 1.29 is 9.72 Å². The molecule has 1 aromatic carbocycles. The molecule has 2 aromatic rings. The zero-order valence-electron chi connectivity index (χ0n) is 14.3. The van der Waals surface area contributed by atoms with Crippen LogP contribution in [-0.4, -0.2) is 47.0 Å². The van der Waals surface area contributed by atoms with Crippen molar-refractivity contribution in [3.05, 3.63) is 56.7 Å². The third-order valence-corrected chi connectivity index (χ3v) is 4.77. The van der Waals surface area contributed by atoms with E-state index in [0.717, 1.165) is 6.42 Å². The van der Waals surface area contributed by atoms with E-state index in [0.29, 0.717) is 47.7 Å². The van der Waals surface area contributed by atoms with E-state index in [1.54, 1.807) is 29.2 Å². The van der Waals surface area contributed by atoms with Crippen molar-refractivity contribution in [3.63, 3.8) is 0 Å². The van der Waals surface area contributed by atoms with E-state index in [2.05, 4.69) is 10.3 Å². The summed E-state index contributed by atoms with van der Waals surface area (Å²) in [6, 6.07) is 7.71. The van der Waals surface area contributed by atoms with Gasteiger partial charge in [0, 0.05) is 37.3 Å². The van der Waals surface area contributed by atoms with Gasteiger partial charge < -0.3 is 15.1 Å². The van der Waals surface area contributed by atoms with Gasteiger partial charge in [0.15, 0.2) is 0 Å². The molecule has 1 aliphatic rings. The molecule has 0 bridgehead atoms. The van der Waals surface area contributed by atoms with Gasteiger partial charge in [0.05, 0.1) is 15.6 Å². The minimum absolute atomic E-state index is 0.0468. The third-order valence-electron chi connectivity index (χ3n) is 4.22. The first-order valence-corrected chi connectivity index (χ1v) is 9.06. The highest BCUT2D eigenvalue weighted by Gasteiger charge is 2.21. The number of hydrogen-bond donors (Lipinski definition) is 1. The fourth-order valence-electron chi connectivity index (χ4n) is 2.81. The Labute approximate surface area is 165 Å². The van der Waals surface area contributed by atoms with Gasteiger partial charge in [-0.3, -0.25) is 10.1 Å². The van der Waals surface area contributed by atoms with Gasteiger partial charge in [0.2, 0.25) is 0 Å². The quantitative estimate of drug-likeness (QED) is 0.609. The molecule has 1 fully saturated rings. The summed E-state index contributed by atoms with van der Waals surface area (Å²) in [5.74, 6) is 0.656. The summed E-state index contributed by atoms with van der Waals surface area (Å²) in [5.41, 5.74) is 0.457. The molecule has 0 spiro atoms. The lowest BCUT2D eigenvalue weighted by Crippen LogP contribution is -2.38. The number of carbonyl (C=O) groups is 1. The molecule has 2 amide bonds. The zero-order valence-corrected chi connectivity index (χ0v) is 15.8. The standard InChI is InChI=1S/C17H17Cl2N5O3/c18-12-2-4-15(14(19)10-12)21-17(25)23-7-1-6-22(8-9-23)16-5-3-13(11-20-16)24(26)27/h2-5,10-11H,1,6-9H2,(H,21,25). The Kier molecular flexibility index (Phi) is 5.98. The van der Waals surface area contributed by atoms with Crippen LogP contribution in [0.15, 0.2) is 36.5 Å². The maximum Gasteiger partial charge on any atom is 0.321 e. The van der Waals surface area contributed by atoms with Crippen molar-refractivity contribution in [1.82, 2.24) is 9.88 Å². The molecule has 142 valence electrons. The van der Waals surface area contributed by atoms with Crippen molar-refractivity contribution in [2.24, 2.45) is 0 Å². The number of hydrogen-bond acceptors (Lipinski definition) is 5. The second kappa shape index (κ2) is 8.41. The highest BCUT2D eigenvalue weighted by Crippen LogP contribution is 2.26. The van der Waals surface area contributed by atoms with Gasteiger partial charge in [-0.25, -0.2) is 9.78 Å². The van der Waals surface area contributed by atoms with Crippen LogP contribution in [0.5, 0.6) is 0 Å². The Bertz CT molecular complexity index is 847. The number of aromatic nitrogens is 1. The van der Waals surface area contributed by atoms with Crippen LogP contribution in [-0.2, 0) is 0 Å². The summed E-state index contributed by atoms with van der Waals surface area (Å²) >= 11 is 12.0. The number of anilines is 2. The molecule has 3 rings (SSSR count). The van der Waals surface area contributed by atoms with Crippen LogP contribution in [0, 0.1) is 10.1 Å². The molecule has 27 heavy (non-hydrogen) atoms. The number of nitro groups is 1. The smallest absolute Gasteiger partial charge is 0.321 e. The van der Waals surface area contributed by atoms with Gasteiger partial charge >= 0.3 is 6.03 Å². The van der Waals surface area contributed by atoms with Gasteiger partial charge in [-0.15, -0.1) is 0 Å². The highest BCUT2D eigenvalue weighted by atomic mass is 35.5. The summed E-state index contributed by atoms with van der Waals surface area (Å²) in [5, 5.41) is 14.4.